The van der Waals surface area contributed by atoms with Gasteiger partial charge < -0.3 is 20.1 Å². The summed E-state index contributed by atoms with van der Waals surface area (Å²) < 4.78 is 11.0. The van der Waals surface area contributed by atoms with Crippen molar-refractivity contribution in [2.45, 2.75) is 13.8 Å². The number of para-hydroxylation sites is 2. The molecule has 0 aliphatic heterocycles. The monoisotopic (exact) mass is 431 g/mol. The lowest BCUT2D eigenvalue weighted by Gasteiger charge is -2.11. The molecule has 3 rings (SSSR count). The van der Waals surface area contributed by atoms with E-state index in [0.29, 0.717) is 41.5 Å². The molecule has 2 N–H and O–H groups in total. The molecule has 162 valence electrons. The van der Waals surface area contributed by atoms with Crippen LogP contribution in [0.3, 0.4) is 0 Å². The molecule has 0 saturated heterocycles. The summed E-state index contributed by atoms with van der Waals surface area (Å²) in [5.74, 6) is 0.130. The van der Waals surface area contributed by atoms with Crippen LogP contribution in [0.1, 0.15) is 34.6 Å². The highest BCUT2D eigenvalue weighted by Gasteiger charge is 2.21. The summed E-state index contributed by atoms with van der Waals surface area (Å²) in [4.78, 5) is 28.7. The van der Waals surface area contributed by atoms with E-state index in [9.17, 15) is 15.0 Å². The van der Waals surface area contributed by atoms with Crippen molar-refractivity contribution in [1.29, 1.82) is 5.39 Å². The second kappa shape index (κ2) is 10.6. The Bertz CT molecular complexity index is 1170. The van der Waals surface area contributed by atoms with Gasteiger partial charge in [0.05, 0.1) is 30.4 Å². The van der Waals surface area contributed by atoms with Crippen molar-refractivity contribution in [2.75, 3.05) is 23.8 Å². The van der Waals surface area contributed by atoms with Crippen LogP contribution < -0.4 is 20.1 Å². The third-order valence-electron chi connectivity index (χ3n) is 4.47. The molecule has 0 atom stereocenters. The van der Waals surface area contributed by atoms with Crippen molar-refractivity contribution in [3.8, 4) is 11.5 Å². The third kappa shape index (κ3) is 5.21. The van der Waals surface area contributed by atoms with E-state index in [2.05, 4.69) is 15.6 Å². The number of carbonyl (C=O) groups excluding carboxylic acids is 2. The predicted octanol–water partition coefficient (Wildman–Crippen LogP) is 5.47. The van der Waals surface area contributed by atoms with E-state index in [1.54, 1.807) is 60.7 Å². The molecule has 32 heavy (non-hydrogen) atoms. The minimum atomic E-state index is -0.415. The minimum Gasteiger partial charge on any atom is -0.493 e. The average Bonchev–Trinajstić information content (AvgIpc) is 2.81. The van der Waals surface area contributed by atoms with E-state index < -0.39 is 5.91 Å². The number of benzene rings is 3. The summed E-state index contributed by atoms with van der Waals surface area (Å²) in [5.41, 5.74) is 1.48. The first kappa shape index (κ1) is 22.3. The second-order valence-electron chi connectivity index (χ2n) is 6.60. The lowest BCUT2D eigenvalue weighted by atomic mass is 10.1. The predicted molar refractivity (Wildman–Crippen MR) is 122 cm³/mol. The van der Waals surface area contributed by atoms with E-state index in [4.69, 9.17) is 9.47 Å². The van der Waals surface area contributed by atoms with Crippen molar-refractivity contribution in [3.63, 3.8) is 0 Å². The fourth-order valence-corrected chi connectivity index (χ4v) is 3.06. The van der Waals surface area contributed by atoms with Crippen LogP contribution in [0.4, 0.5) is 17.1 Å². The van der Waals surface area contributed by atoms with Gasteiger partial charge in [0.1, 0.15) is 17.2 Å². The van der Waals surface area contributed by atoms with Gasteiger partial charge in [-0.15, -0.1) is 0 Å². The van der Waals surface area contributed by atoms with Crippen molar-refractivity contribution >= 4 is 28.9 Å². The number of nitrogens with one attached hydrogen (secondary N) is 2. The van der Waals surface area contributed by atoms with Crippen LogP contribution in [-0.4, -0.2) is 25.0 Å². The van der Waals surface area contributed by atoms with Gasteiger partial charge in [0.25, 0.3) is 11.8 Å². The SMILES string of the molecule is CCOc1ccccc1C(=O)Nc1ccc(NC(=O)c2ccccc2OCC)c([N+]#N)c1. The normalized spacial score (nSPS) is 10.0. The van der Waals surface area contributed by atoms with Gasteiger partial charge in [-0.1, -0.05) is 24.3 Å². The van der Waals surface area contributed by atoms with Gasteiger partial charge in [0, 0.05) is 5.69 Å². The molecular weight excluding hydrogens is 408 g/mol. The molecule has 0 bridgehead atoms. The Hall–Kier alpha value is -4.38. The average molecular weight is 431 g/mol. The molecule has 0 aliphatic rings. The zero-order valence-electron chi connectivity index (χ0n) is 17.8. The molecular formula is C24H23N4O4+. The quantitative estimate of drug-likeness (QED) is 0.460. The van der Waals surface area contributed by atoms with Gasteiger partial charge in [-0.25, -0.2) is 0 Å². The number of hydrogen-bond acceptors (Lipinski definition) is 5. The lowest BCUT2D eigenvalue weighted by molar-refractivity contribution is 0.101. The van der Waals surface area contributed by atoms with Gasteiger partial charge in [-0.05, 0) is 50.2 Å². The van der Waals surface area contributed by atoms with Crippen LogP contribution in [0.15, 0.2) is 66.7 Å². The van der Waals surface area contributed by atoms with Crippen molar-refractivity contribution in [2.24, 2.45) is 0 Å². The van der Waals surface area contributed by atoms with E-state index in [-0.39, 0.29) is 17.3 Å². The van der Waals surface area contributed by atoms with Crippen molar-refractivity contribution in [1.82, 2.24) is 0 Å². The van der Waals surface area contributed by atoms with Gasteiger partial charge in [0.2, 0.25) is 5.39 Å². The third-order valence-corrected chi connectivity index (χ3v) is 4.47. The van der Waals surface area contributed by atoms with E-state index in [1.165, 1.54) is 6.07 Å². The van der Waals surface area contributed by atoms with Crippen LogP contribution in [-0.2, 0) is 0 Å². The summed E-state index contributed by atoms with van der Waals surface area (Å²) in [5, 5.41) is 14.9. The number of amides is 2. The maximum Gasteiger partial charge on any atom is 0.410 e. The van der Waals surface area contributed by atoms with Crippen LogP contribution >= 0.6 is 0 Å². The molecule has 0 saturated carbocycles. The van der Waals surface area contributed by atoms with Crippen LogP contribution in [0.2, 0.25) is 0 Å². The molecule has 2 amide bonds. The van der Waals surface area contributed by atoms with E-state index in [0.717, 1.165) is 0 Å². The highest BCUT2D eigenvalue weighted by atomic mass is 16.5. The number of diazo groups is 1. The smallest absolute Gasteiger partial charge is 0.410 e. The Morgan fingerprint density at radius 1 is 0.812 bits per heavy atom. The first-order valence-corrected chi connectivity index (χ1v) is 10.1. The number of ether oxygens (including phenoxy) is 2. The second-order valence-corrected chi connectivity index (χ2v) is 6.60. The fraction of sp³-hybridized carbons (Fsp3) is 0.167. The summed E-state index contributed by atoms with van der Waals surface area (Å²) >= 11 is 0. The summed E-state index contributed by atoms with van der Waals surface area (Å²) in [6, 6.07) is 18.3. The van der Waals surface area contributed by atoms with Crippen molar-refractivity contribution < 1.29 is 19.1 Å². The Balaban J connectivity index is 1.79. The van der Waals surface area contributed by atoms with Gasteiger partial charge in [-0.2, -0.15) is 0 Å². The molecule has 8 nitrogen and oxygen atoms in total. The number of hydrogen-bond donors (Lipinski definition) is 2. The lowest BCUT2D eigenvalue weighted by Crippen LogP contribution is -2.15. The molecule has 0 spiro atoms. The van der Waals surface area contributed by atoms with Crippen LogP contribution in [0, 0.1) is 5.39 Å². The molecule has 3 aromatic carbocycles. The minimum absolute atomic E-state index is 0.0862. The topological polar surface area (TPSA) is 105 Å². The van der Waals surface area contributed by atoms with E-state index >= 15 is 0 Å². The number of anilines is 2. The zero-order valence-corrected chi connectivity index (χ0v) is 17.8. The molecule has 0 unspecified atom stereocenters. The Labute approximate surface area is 185 Å². The van der Waals surface area contributed by atoms with Crippen LogP contribution in [0.25, 0.3) is 4.98 Å². The Morgan fingerprint density at radius 3 is 1.88 bits per heavy atom. The number of carbonyl (C=O) groups is 2. The maximum absolute atomic E-state index is 12.7. The molecule has 0 aromatic heterocycles. The van der Waals surface area contributed by atoms with Crippen molar-refractivity contribution in [3.05, 3.63) is 82.8 Å². The summed E-state index contributed by atoms with van der Waals surface area (Å²) in [6.45, 7) is 4.52. The molecule has 3 aromatic rings. The molecule has 0 radical (unpaired) electrons. The Kier molecular flexibility index (Phi) is 7.38. The highest BCUT2D eigenvalue weighted by Crippen LogP contribution is 2.30. The standard InChI is InChI=1S/C24H22N4O4/c1-3-31-21-11-7-5-9-17(21)23(29)26-16-13-14-19(20(15-16)28-25)27-24(30)18-10-6-8-12-22(18)32-4-2/h5-15,25H,3-4H2,1-2H3/p+1. The zero-order chi connectivity index (χ0) is 22.9. The Morgan fingerprint density at radius 2 is 1.34 bits per heavy atom. The first-order valence-electron chi connectivity index (χ1n) is 10.1. The number of rotatable bonds is 8. The first-order chi connectivity index (χ1) is 15.6. The highest BCUT2D eigenvalue weighted by molar-refractivity contribution is 6.09. The summed E-state index contributed by atoms with van der Waals surface area (Å²) in [7, 11) is 0. The maximum atomic E-state index is 12.7. The molecule has 0 aliphatic carbocycles. The number of nitrogens with zero attached hydrogens (tertiary/aromatic N) is 2. The van der Waals surface area contributed by atoms with Gasteiger partial charge >= 0.3 is 5.69 Å². The largest absolute Gasteiger partial charge is 0.493 e. The van der Waals surface area contributed by atoms with E-state index in [1.807, 2.05) is 13.8 Å². The van der Waals surface area contributed by atoms with Gasteiger partial charge in [0.15, 0.2) is 4.98 Å². The molecule has 0 fully saturated rings. The molecule has 0 heterocycles. The fourth-order valence-electron chi connectivity index (χ4n) is 3.06. The summed E-state index contributed by atoms with van der Waals surface area (Å²) in [6.07, 6.45) is 0. The van der Waals surface area contributed by atoms with Crippen LogP contribution in [0.5, 0.6) is 11.5 Å². The molecule has 8 heteroatoms. The van der Waals surface area contributed by atoms with Gasteiger partial charge in [-0.3, -0.25) is 9.59 Å².